The molecule has 0 amide bonds. The Morgan fingerprint density at radius 1 is 1.19 bits per heavy atom. The first-order valence-electron chi connectivity index (χ1n) is 8.71. The summed E-state index contributed by atoms with van der Waals surface area (Å²) < 4.78 is 51.2. The van der Waals surface area contributed by atoms with Crippen molar-refractivity contribution in [3.8, 4) is 23.1 Å². The Labute approximate surface area is 185 Å². The van der Waals surface area contributed by atoms with E-state index in [1.54, 1.807) is 18.2 Å². The number of primary sulfonamides is 1. The van der Waals surface area contributed by atoms with Gasteiger partial charge in [0.15, 0.2) is 5.65 Å². The molecule has 11 heteroatoms. The number of sulfonamides is 1. The molecule has 0 unspecified atom stereocenters. The molecule has 0 aliphatic carbocycles. The van der Waals surface area contributed by atoms with E-state index < -0.39 is 16.4 Å². The van der Waals surface area contributed by atoms with Crippen LogP contribution in [0.15, 0.2) is 46.8 Å². The van der Waals surface area contributed by atoms with Crippen LogP contribution in [0.3, 0.4) is 0 Å². The van der Waals surface area contributed by atoms with E-state index in [0.29, 0.717) is 26.7 Å². The van der Waals surface area contributed by atoms with E-state index in [0.717, 1.165) is 21.4 Å². The van der Waals surface area contributed by atoms with Crippen LogP contribution in [-0.2, 0) is 10.0 Å². The fourth-order valence-corrected chi connectivity index (χ4v) is 4.55. The zero-order valence-electron chi connectivity index (χ0n) is 15.8. The van der Waals surface area contributed by atoms with Crippen molar-refractivity contribution < 1.29 is 17.2 Å². The molecule has 0 saturated heterocycles. The summed E-state index contributed by atoms with van der Waals surface area (Å²) in [5.41, 5.74) is 1.90. The molecule has 1 aromatic carbocycles. The van der Waals surface area contributed by atoms with Crippen molar-refractivity contribution in [2.45, 2.75) is 17.6 Å². The minimum absolute atomic E-state index is 0.0184. The minimum Gasteiger partial charge on any atom is -0.227 e. The van der Waals surface area contributed by atoms with Gasteiger partial charge in [0.05, 0.1) is 22.3 Å². The van der Waals surface area contributed by atoms with Gasteiger partial charge in [-0.15, -0.1) is 11.3 Å². The summed E-state index contributed by atoms with van der Waals surface area (Å²) in [7, 11) is -3.82. The highest BCUT2D eigenvalue weighted by Crippen LogP contribution is 2.29. The van der Waals surface area contributed by atoms with Crippen LogP contribution in [0.1, 0.15) is 28.1 Å². The predicted octanol–water partition coefficient (Wildman–Crippen LogP) is 4.40. The fourth-order valence-electron chi connectivity index (χ4n) is 2.85. The van der Waals surface area contributed by atoms with Crippen LogP contribution in [0, 0.1) is 18.8 Å². The lowest BCUT2D eigenvalue weighted by Crippen LogP contribution is -2.09. The normalized spacial score (nSPS) is 11.7. The Morgan fingerprint density at radius 3 is 2.61 bits per heavy atom. The highest BCUT2D eigenvalue weighted by molar-refractivity contribution is 7.91. The quantitative estimate of drug-likeness (QED) is 0.442. The Kier molecular flexibility index (Phi) is 5.53. The van der Waals surface area contributed by atoms with Gasteiger partial charge in [0.2, 0.25) is 10.0 Å². The van der Waals surface area contributed by atoms with Crippen LogP contribution >= 0.6 is 22.9 Å². The van der Waals surface area contributed by atoms with Gasteiger partial charge in [-0.3, -0.25) is 0 Å². The SMILES string of the molecule is Cc1cc(-c2cc(C(F)F)n3ncc(C#Cc4ccc(S(N)(=O)=O)s4)c3n2)ccc1Cl. The number of thiophene rings is 1. The number of fused-ring (bicyclic) bond motifs is 1. The fraction of sp³-hybridized carbons (Fsp3) is 0.100. The van der Waals surface area contributed by atoms with Gasteiger partial charge in [-0.25, -0.2) is 31.8 Å². The molecule has 4 rings (SSSR count). The maximum Gasteiger partial charge on any atom is 0.280 e. The molecule has 2 N–H and O–H groups in total. The van der Waals surface area contributed by atoms with Gasteiger partial charge in [0.25, 0.3) is 6.43 Å². The molecule has 0 bridgehead atoms. The highest BCUT2D eigenvalue weighted by Gasteiger charge is 2.18. The van der Waals surface area contributed by atoms with Crippen LogP contribution in [0.4, 0.5) is 8.78 Å². The second kappa shape index (κ2) is 8.01. The zero-order chi connectivity index (χ0) is 22.3. The molecule has 0 atom stereocenters. The second-order valence-corrected chi connectivity index (χ2v) is 9.82. The van der Waals surface area contributed by atoms with Crippen molar-refractivity contribution in [1.82, 2.24) is 14.6 Å². The third-order valence-corrected chi connectivity index (χ3v) is 7.22. The van der Waals surface area contributed by atoms with Crippen molar-refractivity contribution >= 4 is 38.6 Å². The lowest BCUT2D eigenvalue weighted by molar-refractivity contribution is 0.143. The molecule has 0 saturated carbocycles. The van der Waals surface area contributed by atoms with Crippen LogP contribution in [-0.4, -0.2) is 23.0 Å². The van der Waals surface area contributed by atoms with E-state index in [-0.39, 0.29) is 15.6 Å². The molecular formula is C20H13ClF2N4O2S2. The van der Waals surface area contributed by atoms with Crippen LogP contribution in [0.5, 0.6) is 0 Å². The van der Waals surface area contributed by atoms with Crippen molar-refractivity contribution in [1.29, 1.82) is 0 Å². The van der Waals surface area contributed by atoms with E-state index in [4.69, 9.17) is 16.7 Å². The molecule has 3 heterocycles. The Hall–Kier alpha value is -2.84. The zero-order valence-corrected chi connectivity index (χ0v) is 18.2. The van der Waals surface area contributed by atoms with Gasteiger partial charge < -0.3 is 0 Å². The highest BCUT2D eigenvalue weighted by atomic mass is 35.5. The van der Waals surface area contributed by atoms with E-state index >= 15 is 0 Å². The average Bonchev–Trinajstić information content (AvgIpc) is 3.34. The topological polar surface area (TPSA) is 90.4 Å². The molecule has 3 aromatic heterocycles. The first kappa shape index (κ1) is 21.4. The molecular weight excluding hydrogens is 466 g/mol. The molecule has 158 valence electrons. The largest absolute Gasteiger partial charge is 0.280 e. The first-order chi connectivity index (χ1) is 14.6. The number of hydrogen-bond acceptors (Lipinski definition) is 5. The number of hydrogen-bond donors (Lipinski definition) is 1. The third-order valence-electron chi connectivity index (χ3n) is 4.36. The maximum absolute atomic E-state index is 13.7. The maximum atomic E-state index is 13.7. The van der Waals surface area contributed by atoms with Gasteiger partial charge in [-0.1, -0.05) is 29.5 Å². The average molecular weight is 479 g/mol. The van der Waals surface area contributed by atoms with Crippen LogP contribution in [0.2, 0.25) is 5.02 Å². The number of halogens is 3. The van der Waals surface area contributed by atoms with E-state index in [1.807, 2.05) is 6.92 Å². The van der Waals surface area contributed by atoms with Crippen molar-refractivity contribution in [3.63, 3.8) is 0 Å². The molecule has 0 spiro atoms. The summed E-state index contributed by atoms with van der Waals surface area (Å²) in [6.07, 6.45) is -1.44. The van der Waals surface area contributed by atoms with Gasteiger partial charge in [-0.05, 0) is 42.8 Å². The summed E-state index contributed by atoms with van der Waals surface area (Å²) >= 11 is 6.98. The summed E-state index contributed by atoms with van der Waals surface area (Å²) in [6.45, 7) is 1.81. The van der Waals surface area contributed by atoms with Gasteiger partial charge in [0, 0.05) is 10.6 Å². The minimum atomic E-state index is -3.82. The summed E-state index contributed by atoms with van der Waals surface area (Å²) in [6, 6.07) is 9.29. The number of aromatic nitrogens is 3. The molecule has 4 aromatic rings. The van der Waals surface area contributed by atoms with Crippen LogP contribution < -0.4 is 5.14 Å². The summed E-state index contributed by atoms with van der Waals surface area (Å²) in [5.74, 6) is 5.63. The molecule has 6 nitrogen and oxygen atoms in total. The summed E-state index contributed by atoms with van der Waals surface area (Å²) in [5, 5.41) is 9.66. The number of benzene rings is 1. The Balaban J connectivity index is 1.84. The van der Waals surface area contributed by atoms with E-state index in [1.165, 1.54) is 24.4 Å². The third kappa shape index (κ3) is 4.31. The monoisotopic (exact) mass is 478 g/mol. The molecule has 0 aliphatic heterocycles. The van der Waals surface area contributed by atoms with Gasteiger partial charge in [0.1, 0.15) is 9.90 Å². The lowest BCUT2D eigenvalue weighted by Gasteiger charge is -2.09. The number of nitrogens with two attached hydrogens (primary N) is 1. The van der Waals surface area contributed by atoms with Crippen molar-refractivity contribution in [2.75, 3.05) is 0 Å². The number of rotatable bonds is 3. The first-order valence-corrected chi connectivity index (χ1v) is 11.5. The van der Waals surface area contributed by atoms with E-state index in [2.05, 4.69) is 21.9 Å². The number of nitrogens with zero attached hydrogens (tertiary/aromatic N) is 3. The van der Waals surface area contributed by atoms with Gasteiger partial charge >= 0.3 is 0 Å². The number of aryl methyl sites for hydroxylation is 1. The molecule has 31 heavy (non-hydrogen) atoms. The number of alkyl halides is 2. The van der Waals surface area contributed by atoms with Crippen molar-refractivity contribution in [3.05, 3.63) is 69.3 Å². The molecule has 0 radical (unpaired) electrons. The smallest absolute Gasteiger partial charge is 0.227 e. The van der Waals surface area contributed by atoms with E-state index in [9.17, 15) is 17.2 Å². The second-order valence-electron chi connectivity index (χ2n) is 6.54. The summed E-state index contributed by atoms with van der Waals surface area (Å²) in [4.78, 5) is 4.93. The van der Waals surface area contributed by atoms with Gasteiger partial charge in [-0.2, -0.15) is 5.10 Å². The Morgan fingerprint density at radius 2 is 1.97 bits per heavy atom. The van der Waals surface area contributed by atoms with Crippen LogP contribution in [0.25, 0.3) is 16.9 Å². The molecule has 0 aliphatic rings. The van der Waals surface area contributed by atoms with Crippen molar-refractivity contribution in [2.24, 2.45) is 5.14 Å². The predicted molar refractivity (Wildman–Crippen MR) is 115 cm³/mol. The Bertz CT molecular complexity index is 1480. The lowest BCUT2D eigenvalue weighted by atomic mass is 10.1. The standard InChI is InChI=1S/C20H13ClF2N4O2S2/c1-11-8-12(3-6-15(11)21)16-9-17(19(22)23)27-20(26-16)13(10-25-27)2-4-14-5-7-18(30-14)31(24,28)29/h3,5-10,19H,1H3,(H2,24,28,29). The molecule has 0 fully saturated rings.